The Morgan fingerprint density at radius 3 is 2.55 bits per heavy atom. The van der Waals surface area contributed by atoms with Crippen molar-refractivity contribution in [3.05, 3.63) is 53.7 Å². The summed E-state index contributed by atoms with van der Waals surface area (Å²) in [6.07, 6.45) is -4.38. The number of hydrogen-bond donors (Lipinski definition) is 1. The second-order valence-electron chi connectivity index (χ2n) is 4.07. The zero-order valence-corrected chi connectivity index (χ0v) is 10.7. The lowest BCUT2D eigenvalue weighted by molar-refractivity contribution is -0.137. The smallest absolute Gasteiger partial charge is 0.418 e. The molecule has 6 heteroatoms. The van der Waals surface area contributed by atoms with Gasteiger partial charge in [-0.15, -0.1) is 0 Å². The van der Waals surface area contributed by atoms with Gasteiger partial charge in [-0.3, -0.25) is 0 Å². The van der Waals surface area contributed by atoms with E-state index in [2.05, 4.69) is 10.3 Å². The number of pyridine rings is 1. The van der Waals surface area contributed by atoms with Gasteiger partial charge in [0.05, 0.1) is 24.9 Å². The number of anilines is 1. The molecule has 0 unspecified atom stereocenters. The van der Waals surface area contributed by atoms with Crippen LogP contribution in [0.15, 0.2) is 42.5 Å². The zero-order chi connectivity index (χ0) is 14.6. The van der Waals surface area contributed by atoms with Crippen molar-refractivity contribution >= 4 is 5.69 Å². The highest BCUT2D eigenvalue weighted by atomic mass is 19.4. The minimum Gasteiger partial charge on any atom is -0.481 e. The predicted octanol–water partition coefficient (Wildman–Crippen LogP) is 3.72. The van der Waals surface area contributed by atoms with Gasteiger partial charge in [-0.05, 0) is 18.2 Å². The SMILES string of the molecule is COc1cccc(CNc2ccccc2C(F)(F)F)n1. The monoisotopic (exact) mass is 282 g/mol. The zero-order valence-electron chi connectivity index (χ0n) is 10.7. The predicted molar refractivity (Wildman–Crippen MR) is 69.6 cm³/mol. The highest BCUT2D eigenvalue weighted by Gasteiger charge is 2.33. The third-order valence-electron chi connectivity index (χ3n) is 2.68. The lowest BCUT2D eigenvalue weighted by Gasteiger charge is -2.14. The quantitative estimate of drug-likeness (QED) is 0.928. The summed E-state index contributed by atoms with van der Waals surface area (Å²) in [4.78, 5) is 4.13. The molecule has 106 valence electrons. The first-order valence-corrected chi connectivity index (χ1v) is 5.91. The van der Waals surface area contributed by atoms with Crippen LogP contribution >= 0.6 is 0 Å². The molecular formula is C14H13F3N2O. The molecule has 0 aliphatic heterocycles. The molecule has 20 heavy (non-hydrogen) atoms. The van der Waals surface area contributed by atoms with E-state index in [0.29, 0.717) is 11.6 Å². The number of aromatic nitrogens is 1. The third kappa shape index (κ3) is 3.40. The highest BCUT2D eigenvalue weighted by molar-refractivity contribution is 5.52. The van der Waals surface area contributed by atoms with Crippen molar-refractivity contribution in [3.63, 3.8) is 0 Å². The number of benzene rings is 1. The molecule has 0 saturated carbocycles. The van der Waals surface area contributed by atoms with Gasteiger partial charge in [-0.2, -0.15) is 13.2 Å². The van der Waals surface area contributed by atoms with Gasteiger partial charge in [0.1, 0.15) is 0 Å². The van der Waals surface area contributed by atoms with Gasteiger partial charge < -0.3 is 10.1 Å². The average Bonchev–Trinajstić information content (AvgIpc) is 2.44. The molecule has 0 atom stereocenters. The maximum atomic E-state index is 12.8. The second kappa shape index (κ2) is 5.81. The second-order valence-corrected chi connectivity index (χ2v) is 4.07. The number of hydrogen-bond acceptors (Lipinski definition) is 3. The summed E-state index contributed by atoms with van der Waals surface area (Å²) in [7, 11) is 1.48. The summed E-state index contributed by atoms with van der Waals surface area (Å²) >= 11 is 0. The summed E-state index contributed by atoms with van der Waals surface area (Å²) < 4.78 is 43.4. The van der Waals surface area contributed by atoms with E-state index in [1.165, 1.54) is 19.2 Å². The molecule has 0 radical (unpaired) electrons. The fourth-order valence-corrected chi connectivity index (χ4v) is 1.74. The van der Waals surface area contributed by atoms with Gasteiger partial charge in [0.15, 0.2) is 0 Å². The van der Waals surface area contributed by atoms with Crippen LogP contribution in [0.4, 0.5) is 18.9 Å². The first kappa shape index (κ1) is 14.2. The summed E-state index contributed by atoms with van der Waals surface area (Å²) in [6.45, 7) is 0.185. The van der Waals surface area contributed by atoms with Crippen LogP contribution in [0.2, 0.25) is 0 Å². The number of ether oxygens (including phenoxy) is 1. The average molecular weight is 282 g/mol. The Kier molecular flexibility index (Phi) is 4.12. The van der Waals surface area contributed by atoms with E-state index in [1.54, 1.807) is 24.3 Å². The van der Waals surface area contributed by atoms with Crippen molar-refractivity contribution in [3.8, 4) is 5.88 Å². The van der Waals surface area contributed by atoms with E-state index in [9.17, 15) is 13.2 Å². The Bertz CT molecular complexity index is 585. The molecule has 0 saturated heterocycles. The van der Waals surface area contributed by atoms with E-state index in [0.717, 1.165) is 6.07 Å². The molecule has 0 aliphatic carbocycles. The minimum absolute atomic E-state index is 0.0321. The van der Waals surface area contributed by atoms with Crippen LogP contribution < -0.4 is 10.1 Å². The Morgan fingerprint density at radius 2 is 1.85 bits per heavy atom. The van der Waals surface area contributed by atoms with Crippen LogP contribution in [0.25, 0.3) is 0 Å². The summed E-state index contributed by atoms with van der Waals surface area (Å²) in [5, 5.41) is 2.75. The van der Waals surface area contributed by atoms with Crippen molar-refractivity contribution in [2.75, 3.05) is 12.4 Å². The van der Waals surface area contributed by atoms with Crippen molar-refractivity contribution in [1.29, 1.82) is 0 Å². The van der Waals surface area contributed by atoms with E-state index < -0.39 is 11.7 Å². The van der Waals surface area contributed by atoms with Crippen molar-refractivity contribution < 1.29 is 17.9 Å². The van der Waals surface area contributed by atoms with Crippen molar-refractivity contribution in [2.45, 2.75) is 12.7 Å². The molecule has 3 nitrogen and oxygen atoms in total. The maximum absolute atomic E-state index is 12.8. The lowest BCUT2D eigenvalue weighted by Crippen LogP contribution is -2.11. The summed E-state index contributed by atoms with van der Waals surface area (Å²) in [5.41, 5.74) is -0.0613. The molecule has 0 spiro atoms. The Hall–Kier alpha value is -2.24. The lowest BCUT2D eigenvalue weighted by atomic mass is 10.1. The number of para-hydroxylation sites is 1. The van der Waals surface area contributed by atoms with Crippen LogP contribution in [0, 0.1) is 0 Å². The Labute approximate surface area is 114 Å². The van der Waals surface area contributed by atoms with Gasteiger partial charge in [0.25, 0.3) is 0 Å². The van der Waals surface area contributed by atoms with E-state index in [-0.39, 0.29) is 12.2 Å². The molecule has 1 heterocycles. The standard InChI is InChI=1S/C14H13F3N2O/c1-20-13-8-4-5-10(19-13)9-18-12-7-3-2-6-11(12)14(15,16)17/h2-8,18H,9H2,1H3. The number of nitrogens with one attached hydrogen (secondary N) is 1. The molecule has 0 fully saturated rings. The molecule has 0 aliphatic rings. The third-order valence-corrected chi connectivity index (χ3v) is 2.68. The molecule has 1 aromatic carbocycles. The number of rotatable bonds is 4. The van der Waals surface area contributed by atoms with Crippen LogP contribution in [0.3, 0.4) is 0 Å². The van der Waals surface area contributed by atoms with E-state index >= 15 is 0 Å². The van der Waals surface area contributed by atoms with Gasteiger partial charge in [0.2, 0.25) is 5.88 Å². The molecule has 0 amide bonds. The Morgan fingerprint density at radius 1 is 1.10 bits per heavy atom. The van der Waals surface area contributed by atoms with Crippen LogP contribution in [0.5, 0.6) is 5.88 Å². The summed E-state index contributed by atoms with van der Waals surface area (Å²) in [6, 6.07) is 10.5. The highest BCUT2D eigenvalue weighted by Crippen LogP contribution is 2.34. The van der Waals surface area contributed by atoms with E-state index in [1.807, 2.05) is 0 Å². The largest absolute Gasteiger partial charge is 0.481 e. The fourth-order valence-electron chi connectivity index (χ4n) is 1.74. The van der Waals surface area contributed by atoms with E-state index in [4.69, 9.17) is 4.74 Å². The summed E-state index contributed by atoms with van der Waals surface area (Å²) in [5.74, 6) is 0.424. The van der Waals surface area contributed by atoms with Crippen LogP contribution in [0.1, 0.15) is 11.3 Å². The molecule has 1 N–H and O–H groups in total. The first-order chi connectivity index (χ1) is 9.50. The van der Waals surface area contributed by atoms with Crippen LogP contribution in [-0.2, 0) is 12.7 Å². The first-order valence-electron chi connectivity index (χ1n) is 5.91. The van der Waals surface area contributed by atoms with Gasteiger partial charge in [0, 0.05) is 11.8 Å². The molecule has 0 bridgehead atoms. The minimum atomic E-state index is -4.38. The maximum Gasteiger partial charge on any atom is 0.418 e. The van der Waals surface area contributed by atoms with Crippen molar-refractivity contribution in [2.24, 2.45) is 0 Å². The number of methoxy groups -OCH3 is 1. The van der Waals surface area contributed by atoms with Gasteiger partial charge >= 0.3 is 6.18 Å². The molecule has 1 aromatic heterocycles. The van der Waals surface area contributed by atoms with Crippen molar-refractivity contribution in [1.82, 2.24) is 4.98 Å². The Balaban J connectivity index is 2.15. The molecule has 2 rings (SSSR count). The van der Waals surface area contributed by atoms with Gasteiger partial charge in [-0.1, -0.05) is 18.2 Å². The van der Waals surface area contributed by atoms with Crippen LogP contribution in [-0.4, -0.2) is 12.1 Å². The number of halogens is 3. The molecular weight excluding hydrogens is 269 g/mol. The normalized spacial score (nSPS) is 11.2. The fraction of sp³-hybridized carbons (Fsp3) is 0.214. The van der Waals surface area contributed by atoms with Gasteiger partial charge in [-0.25, -0.2) is 4.98 Å². The topological polar surface area (TPSA) is 34.1 Å². The number of alkyl halides is 3. The molecule has 2 aromatic rings. The number of nitrogens with zero attached hydrogens (tertiary/aromatic N) is 1.